The van der Waals surface area contributed by atoms with Crippen LogP contribution in [0.1, 0.15) is 22.1 Å². The fourth-order valence-electron chi connectivity index (χ4n) is 3.02. The Bertz CT molecular complexity index is 943. The maximum absolute atomic E-state index is 13.8. The molecular weight excluding hydrogens is 322 g/mol. The SMILES string of the molecule is O=C1c2ccccc2N[C@@H](c2ccccc2)N1c1ccc(F)c(F)c1. The van der Waals surface area contributed by atoms with E-state index in [0.717, 1.165) is 17.7 Å². The summed E-state index contributed by atoms with van der Waals surface area (Å²) in [6, 6.07) is 20.0. The molecule has 3 nitrogen and oxygen atoms in total. The second kappa shape index (κ2) is 6.02. The normalized spacial score (nSPS) is 16.3. The number of fused-ring (bicyclic) bond motifs is 1. The Morgan fingerprint density at radius 2 is 1.56 bits per heavy atom. The van der Waals surface area contributed by atoms with Gasteiger partial charge in [-0.05, 0) is 29.8 Å². The van der Waals surface area contributed by atoms with Crippen LogP contribution in [0.15, 0.2) is 72.8 Å². The number of anilines is 2. The summed E-state index contributed by atoms with van der Waals surface area (Å²) < 4.78 is 27.1. The number of nitrogens with zero attached hydrogens (tertiary/aromatic N) is 1. The summed E-state index contributed by atoms with van der Waals surface area (Å²) in [5, 5.41) is 3.32. The summed E-state index contributed by atoms with van der Waals surface area (Å²) >= 11 is 0. The molecule has 1 aliphatic heterocycles. The third kappa shape index (κ3) is 2.63. The Hall–Kier alpha value is -3.21. The van der Waals surface area contributed by atoms with Crippen molar-refractivity contribution in [3.63, 3.8) is 0 Å². The third-order valence-electron chi connectivity index (χ3n) is 4.22. The molecule has 1 amide bonds. The highest BCUT2D eigenvalue weighted by atomic mass is 19.2. The van der Waals surface area contributed by atoms with Crippen LogP contribution in [0, 0.1) is 11.6 Å². The maximum Gasteiger partial charge on any atom is 0.262 e. The Labute approximate surface area is 143 Å². The molecule has 0 bridgehead atoms. The van der Waals surface area contributed by atoms with Crippen molar-refractivity contribution in [3.8, 4) is 0 Å². The highest BCUT2D eigenvalue weighted by Crippen LogP contribution is 2.36. The van der Waals surface area contributed by atoms with Gasteiger partial charge in [-0.25, -0.2) is 8.78 Å². The zero-order valence-corrected chi connectivity index (χ0v) is 13.1. The van der Waals surface area contributed by atoms with Gasteiger partial charge in [0, 0.05) is 17.4 Å². The number of hydrogen-bond acceptors (Lipinski definition) is 2. The summed E-state index contributed by atoms with van der Waals surface area (Å²) in [4.78, 5) is 14.5. The predicted octanol–water partition coefficient (Wildman–Crippen LogP) is 4.74. The lowest BCUT2D eigenvalue weighted by Gasteiger charge is -2.38. The number of para-hydroxylation sites is 1. The molecule has 25 heavy (non-hydrogen) atoms. The van der Waals surface area contributed by atoms with Crippen LogP contribution in [0.5, 0.6) is 0 Å². The first-order valence-electron chi connectivity index (χ1n) is 7.84. The largest absolute Gasteiger partial charge is 0.360 e. The van der Waals surface area contributed by atoms with E-state index in [2.05, 4.69) is 5.32 Å². The molecule has 1 atom stereocenters. The summed E-state index contributed by atoms with van der Waals surface area (Å²) in [5.41, 5.74) is 2.33. The number of carbonyl (C=O) groups is 1. The van der Waals surface area contributed by atoms with E-state index in [4.69, 9.17) is 0 Å². The number of benzene rings is 3. The molecule has 1 heterocycles. The van der Waals surface area contributed by atoms with Gasteiger partial charge in [0.15, 0.2) is 11.6 Å². The number of hydrogen-bond donors (Lipinski definition) is 1. The summed E-state index contributed by atoms with van der Waals surface area (Å²) in [6.45, 7) is 0. The second-order valence-electron chi connectivity index (χ2n) is 5.78. The van der Waals surface area contributed by atoms with E-state index in [1.165, 1.54) is 11.0 Å². The number of carbonyl (C=O) groups excluding carboxylic acids is 1. The number of halogens is 2. The van der Waals surface area contributed by atoms with Crippen molar-refractivity contribution in [1.29, 1.82) is 0 Å². The van der Waals surface area contributed by atoms with Gasteiger partial charge >= 0.3 is 0 Å². The average molecular weight is 336 g/mol. The van der Waals surface area contributed by atoms with Crippen molar-refractivity contribution in [2.75, 3.05) is 10.2 Å². The van der Waals surface area contributed by atoms with Gasteiger partial charge in [-0.3, -0.25) is 9.69 Å². The molecule has 0 radical (unpaired) electrons. The van der Waals surface area contributed by atoms with Crippen molar-refractivity contribution >= 4 is 17.3 Å². The minimum atomic E-state index is -0.990. The first-order chi connectivity index (χ1) is 12.1. The monoisotopic (exact) mass is 336 g/mol. The van der Waals surface area contributed by atoms with Crippen LogP contribution in [0.4, 0.5) is 20.2 Å². The van der Waals surface area contributed by atoms with Gasteiger partial charge in [0.2, 0.25) is 0 Å². The van der Waals surface area contributed by atoms with Gasteiger partial charge in [0.05, 0.1) is 5.56 Å². The van der Waals surface area contributed by atoms with Crippen LogP contribution in [0.3, 0.4) is 0 Å². The molecule has 1 N–H and O–H groups in total. The Morgan fingerprint density at radius 3 is 2.32 bits per heavy atom. The molecule has 3 aromatic rings. The Morgan fingerprint density at radius 1 is 0.840 bits per heavy atom. The van der Waals surface area contributed by atoms with Crippen molar-refractivity contribution in [2.24, 2.45) is 0 Å². The highest BCUT2D eigenvalue weighted by Gasteiger charge is 2.34. The topological polar surface area (TPSA) is 32.3 Å². The first-order valence-corrected chi connectivity index (χ1v) is 7.84. The lowest BCUT2D eigenvalue weighted by atomic mass is 10.0. The van der Waals surface area contributed by atoms with Crippen molar-refractivity contribution in [1.82, 2.24) is 0 Å². The predicted molar refractivity (Wildman–Crippen MR) is 92.4 cm³/mol. The zero-order valence-electron chi connectivity index (χ0n) is 13.1. The third-order valence-corrected chi connectivity index (χ3v) is 4.22. The fourth-order valence-corrected chi connectivity index (χ4v) is 3.02. The molecular formula is C20H14F2N2O. The van der Waals surface area contributed by atoms with E-state index in [1.54, 1.807) is 12.1 Å². The van der Waals surface area contributed by atoms with E-state index in [9.17, 15) is 13.6 Å². The van der Waals surface area contributed by atoms with Crippen LogP contribution in [0.25, 0.3) is 0 Å². The van der Waals surface area contributed by atoms with Gasteiger partial charge in [-0.15, -0.1) is 0 Å². The van der Waals surface area contributed by atoms with Crippen LogP contribution < -0.4 is 10.2 Å². The second-order valence-corrected chi connectivity index (χ2v) is 5.78. The quantitative estimate of drug-likeness (QED) is 0.733. The molecule has 124 valence electrons. The van der Waals surface area contributed by atoms with Crippen LogP contribution >= 0.6 is 0 Å². The van der Waals surface area contributed by atoms with Crippen molar-refractivity contribution in [3.05, 3.63) is 95.6 Å². The molecule has 0 aromatic heterocycles. The van der Waals surface area contributed by atoms with E-state index < -0.39 is 17.8 Å². The molecule has 0 fully saturated rings. The van der Waals surface area contributed by atoms with Gasteiger partial charge < -0.3 is 5.32 Å². The first kappa shape index (κ1) is 15.3. The lowest BCUT2D eigenvalue weighted by Crippen LogP contribution is -2.43. The molecule has 5 heteroatoms. The minimum absolute atomic E-state index is 0.269. The van der Waals surface area contributed by atoms with Crippen molar-refractivity contribution < 1.29 is 13.6 Å². The molecule has 4 rings (SSSR count). The van der Waals surface area contributed by atoms with E-state index in [0.29, 0.717) is 16.9 Å². The molecule has 3 aromatic carbocycles. The standard InChI is InChI=1S/C20H14F2N2O/c21-16-11-10-14(12-17(16)22)24-19(13-6-2-1-3-7-13)23-18-9-5-4-8-15(18)20(24)25/h1-12,19,23H/t19-/m1/s1. The molecule has 0 spiro atoms. The number of amides is 1. The maximum atomic E-state index is 13.8. The van der Waals surface area contributed by atoms with E-state index >= 15 is 0 Å². The minimum Gasteiger partial charge on any atom is -0.360 e. The smallest absolute Gasteiger partial charge is 0.262 e. The average Bonchev–Trinajstić information content (AvgIpc) is 2.65. The van der Waals surface area contributed by atoms with Crippen molar-refractivity contribution in [2.45, 2.75) is 6.17 Å². The van der Waals surface area contributed by atoms with Crippen LogP contribution in [0.2, 0.25) is 0 Å². The molecule has 0 unspecified atom stereocenters. The van der Waals surface area contributed by atoms with Gasteiger partial charge in [0.1, 0.15) is 6.17 Å². The summed E-state index contributed by atoms with van der Waals surface area (Å²) in [7, 11) is 0. The molecule has 0 aliphatic carbocycles. The number of nitrogens with one attached hydrogen (secondary N) is 1. The fraction of sp³-hybridized carbons (Fsp3) is 0.0500. The van der Waals surface area contributed by atoms with Gasteiger partial charge in [-0.1, -0.05) is 42.5 Å². The van der Waals surface area contributed by atoms with Crippen LogP contribution in [-0.2, 0) is 0 Å². The highest BCUT2D eigenvalue weighted by molar-refractivity contribution is 6.12. The van der Waals surface area contributed by atoms with Crippen LogP contribution in [-0.4, -0.2) is 5.91 Å². The Balaban J connectivity index is 1.88. The van der Waals surface area contributed by atoms with Gasteiger partial charge in [0.25, 0.3) is 5.91 Å². The number of rotatable bonds is 2. The summed E-state index contributed by atoms with van der Waals surface area (Å²) in [6.07, 6.45) is -0.520. The van der Waals surface area contributed by atoms with E-state index in [-0.39, 0.29) is 5.91 Å². The van der Waals surface area contributed by atoms with Gasteiger partial charge in [-0.2, -0.15) is 0 Å². The Kier molecular flexibility index (Phi) is 3.69. The summed E-state index contributed by atoms with van der Waals surface area (Å²) in [5.74, 6) is -2.21. The van der Waals surface area contributed by atoms with E-state index in [1.807, 2.05) is 42.5 Å². The lowest BCUT2D eigenvalue weighted by molar-refractivity contribution is 0.0975. The molecule has 1 aliphatic rings. The molecule has 0 saturated carbocycles. The zero-order chi connectivity index (χ0) is 17.4. The molecule has 0 saturated heterocycles.